The number of nitrogens with zero attached hydrogens (tertiary/aromatic N) is 2. The van der Waals surface area contributed by atoms with E-state index in [0.29, 0.717) is 0 Å². The molecule has 1 N–H and O–H groups in total. The highest BCUT2D eigenvalue weighted by Gasteiger charge is 2.34. The molecule has 0 spiro atoms. The van der Waals surface area contributed by atoms with Crippen molar-refractivity contribution in [3.05, 3.63) is 29.3 Å². The van der Waals surface area contributed by atoms with E-state index < -0.39 is 33.7 Å². The number of carboxylic acid groups (broad SMARTS) is 1. The molecular formula is C14H16N2O6S. The molecule has 1 aromatic rings. The maximum Gasteiger partial charge on any atom is 0.307 e. The fourth-order valence-electron chi connectivity index (χ4n) is 2.24. The summed E-state index contributed by atoms with van der Waals surface area (Å²) in [6.45, 7) is 1.19. The predicted molar refractivity (Wildman–Crippen MR) is 79.5 cm³/mol. The molecule has 0 saturated carbocycles. The van der Waals surface area contributed by atoms with Gasteiger partial charge in [0.05, 0.1) is 21.9 Å². The van der Waals surface area contributed by atoms with Gasteiger partial charge in [-0.3, -0.25) is 19.3 Å². The van der Waals surface area contributed by atoms with E-state index in [0.717, 1.165) is 15.3 Å². The highest BCUT2D eigenvalue weighted by atomic mass is 32.2. The number of amides is 2. The lowest BCUT2D eigenvalue weighted by Gasteiger charge is -2.19. The summed E-state index contributed by atoms with van der Waals surface area (Å²) in [5.74, 6) is -3.03. The predicted octanol–water partition coefficient (Wildman–Crippen LogP) is 0.254. The van der Waals surface area contributed by atoms with Crippen LogP contribution in [0.1, 0.15) is 27.6 Å². The Hall–Kier alpha value is -2.26. The van der Waals surface area contributed by atoms with E-state index in [2.05, 4.69) is 0 Å². The Morgan fingerprint density at radius 2 is 1.83 bits per heavy atom. The van der Waals surface area contributed by atoms with Crippen molar-refractivity contribution < 1.29 is 27.9 Å². The minimum Gasteiger partial charge on any atom is -0.481 e. The van der Waals surface area contributed by atoms with E-state index >= 15 is 0 Å². The number of hydrogen-bond donors (Lipinski definition) is 1. The van der Waals surface area contributed by atoms with E-state index in [9.17, 15) is 22.8 Å². The van der Waals surface area contributed by atoms with Crippen molar-refractivity contribution in [1.29, 1.82) is 0 Å². The maximum absolute atomic E-state index is 12.5. The third kappa shape index (κ3) is 2.84. The molecule has 1 aliphatic rings. The lowest BCUT2D eigenvalue weighted by molar-refractivity contribution is -0.141. The molecule has 1 heterocycles. The molecule has 1 atom stereocenters. The standard InChI is InChI=1S/C14H16N2O6S/c1-8(14(19)20)7-15(2)23(21,22)9-4-5-10-11(6-9)13(18)16(3)12(10)17/h4-6,8H,7H2,1-3H3,(H,19,20). The van der Waals surface area contributed by atoms with Crippen LogP contribution >= 0.6 is 0 Å². The molecule has 1 unspecified atom stereocenters. The highest BCUT2D eigenvalue weighted by molar-refractivity contribution is 7.89. The Morgan fingerprint density at radius 1 is 1.26 bits per heavy atom. The van der Waals surface area contributed by atoms with Crippen LogP contribution in [0.5, 0.6) is 0 Å². The van der Waals surface area contributed by atoms with E-state index in [1.54, 1.807) is 0 Å². The third-order valence-electron chi connectivity index (χ3n) is 3.72. The Morgan fingerprint density at radius 3 is 2.39 bits per heavy atom. The van der Waals surface area contributed by atoms with Gasteiger partial charge in [0.1, 0.15) is 0 Å². The second-order valence-electron chi connectivity index (χ2n) is 5.40. The number of carbonyl (C=O) groups is 3. The van der Waals surface area contributed by atoms with Crippen molar-refractivity contribution in [2.24, 2.45) is 5.92 Å². The Kier molecular flexibility index (Phi) is 4.27. The number of rotatable bonds is 5. The average molecular weight is 340 g/mol. The smallest absolute Gasteiger partial charge is 0.307 e. The average Bonchev–Trinajstić information content (AvgIpc) is 2.71. The molecule has 2 rings (SSSR count). The van der Waals surface area contributed by atoms with E-state index in [-0.39, 0.29) is 22.6 Å². The number of carbonyl (C=O) groups excluding carboxylic acids is 2. The molecule has 1 aliphatic heterocycles. The molecule has 0 aromatic heterocycles. The monoisotopic (exact) mass is 340 g/mol. The lowest BCUT2D eigenvalue weighted by Crippen LogP contribution is -2.33. The molecule has 9 heteroatoms. The van der Waals surface area contributed by atoms with Gasteiger partial charge >= 0.3 is 5.97 Å². The number of fused-ring (bicyclic) bond motifs is 1. The third-order valence-corrected chi connectivity index (χ3v) is 5.54. The van der Waals surface area contributed by atoms with Crippen LogP contribution in [0.3, 0.4) is 0 Å². The van der Waals surface area contributed by atoms with Crippen LogP contribution in [0, 0.1) is 5.92 Å². The zero-order chi connectivity index (χ0) is 17.5. The minimum absolute atomic E-state index is 0.0262. The fourth-order valence-corrected chi connectivity index (χ4v) is 3.53. The van der Waals surface area contributed by atoms with Gasteiger partial charge in [0.2, 0.25) is 10.0 Å². The van der Waals surface area contributed by atoms with Crippen molar-refractivity contribution in [2.75, 3.05) is 20.6 Å². The molecule has 124 valence electrons. The molecule has 0 aliphatic carbocycles. The summed E-state index contributed by atoms with van der Waals surface area (Å²) in [4.78, 5) is 35.4. The van der Waals surface area contributed by atoms with Gasteiger partial charge < -0.3 is 5.11 Å². The van der Waals surface area contributed by atoms with Gasteiger partial charge in [-0.25, -0.2) is 12.7 Å². The van der Waals surface area contributed by atoms with Gasteiger partial charge in [0.25, 0.3) is 11.8 Å². The number of imide groups is 1. The number of aliphatic carboxylic acids is 1. The summed E-state index contributed by atoms with van der Waals surface area (Å²) in [5, 5.41) is 8.88. The molecule has 1 aromatic carbocycles. The van der Waals surface area contributed by atoms with Gasteiger partial charge in [-0.1, -0.05) is 6.92 Å². The topological polar surface area (TPSA) is 112 Å². The van der Waals surface area contributed by atoms with E-state index in [4.69, 9.17) is 5.11 Å². The molecule has 0 bridgehead atoms. The summed E-state index contributed by atoms with van der Waals surface area (Å²) < 4.78 is 25.9. The quantitative estimate of drug-likeness (QED) is 0.769. The van der Waals surface area contributed by atoms with Crippen molar-refractivity contribution in [1.82, 2.24) is 9.21 Å². The largest absolute Gasteiger partial charge is 0.481 e. The molecule has 8 nitrogen and oxygen atoms in total. The summed E-state index contributed by atoms with van der Waals surface area (Å²) in [5.41, 5.74) is 0.177. The van der Waals surface area contributed by atoms with Gasteiger partial charge in [0, 0.05) is 20.6 Å². The van der Waals surface area contributed by atoms with Crippen LogP contribution in [0.15, 0.2) is 23.1 Å². The zero-order valence-electron chi connectivity index (χ0n) is 12.8. The van der Waals surface area contributed by atoms with Gasteiger partial charge in [0.15, 0.2) is 0 Å². The second-order valence-corrected chi connectivity index (χ2v) is 7.45. The van der Waals surface area contributed by atoms with Crippen LogP contribution < -0.4 is 0 Å². The zero-order valence-corrected chi connectivity index (χ0v) is 13.6. The van der Waals surface area contributed by atoms with Crippen LogP contribution in [0.4, 0.5) is 0 Å². The SMILES string of the molecule is CC(CN(C)S(=O)(=O)c1ccc2c(c1)C(=O)N(C)C2=O)C(=O)O. The number of hydrogen-bond acceptors (Lipinski definition) is 5. The number of benzene rings is 1. The number of sulfonamides is 1. The summed E-state index contributed by atoms with van der Waals surface area (Å²) >= 11 is 0. The van der Waals surface area contributed by atoms with Crippen LogP contribution in [0.25, 0.3) is 0 Å². The van der Waals surface area contributed by atoms with Crippen molar-refractivity contribution in [2.45, 2.75) is 11.8 Å². The van der Waals surface area contributed by atoms with Crippen molar-refractivity contribution >= 4 is 27.8 Å². The first-order valence-electron chi connectivity index (χ1n) is 6.73. The normalized spacial score (nSPS) is 15.9. The van der Waals surface area contributed by atoms with Crippen molar-refractivity contribution in [3.8, 4) is 0 Å². The first-order valence-corrected chi connectivity index (χ1v) is 8.17. The first-order chi connectivity index (χ1) is 10.6. The van der Waals surface area contributed by atoms with Crippen molar-refractivity contribution in [3.63, 3.8) is 0 Å². The Balaban J connectivity index is 2.38. The minimum atomic E-state index is -3.96. The number of carboxylic acids is 1. The van der Waals surface area contributed by atoms with Gasteiger partial charge in [-0.2, -0.15) is 0 Å². The van der Waals surface area contributed by atoms with E-state index in [1.165, 1.54) is 33.2 Å². The van der Waals surface area contributed by atoms with Gasteiger partial charge in [-0.15, -0.1) is 0 Å². The Labute approximate surface area is 133 Å². The lowest BCUT2D eigenvalue weighted by atomic mass is 10.1. The summed E-state index contributed by atoms with van der Waals surface area (Å²) in [7, 11) is -1.38. The summed E-state index contributed by atoms with van der Waals surface area (Å²) in [6.07, 6.45) is 0. The molecule has 0 radical (unpaired) electrons. The molecule has 2 amide bonds. The van der Waals surface area contributed by atoms with Crippen LogP contribution in [0.2, 0.25) is 0 Å². The molecule has 0 saturated heterocycles. The second kappa shape index (κ2) is 5.74. The Bertz CT molecular complexity index is 801. The van der Waals surface area contributed by atoms with Gasteiger partial charge in [-0.05, 0) is 18.2 Å². The van der Waals surface area contributed by atoms with Crippen LogP contribution in [-0.2, 0) is 14.8 Å². The fraction of sp³-hybridized carbons (Fsp3) is 0.357. The summed E-state index contributed by atoms with van der Waals surface area (Å²) in [6, 6.07) is 3.68. The van der Waals surface area contributed by atoms with E-state index in [1.807, 2.05) is 0 Å². The highest BCUT2D eigenvalue weighted by Crippen LogP contribution is 2.26. The molecule has 23 heavy (non-hydrogen) atoms. The maximum atomic E-state index is 12.5. The molecular weight excluding hydrogens is 324 g/mol. The first kappa shape index (κ1) is 17.1. The molecule has 0 fully saturated rings. The van der Waals surface area contributed by atoms with Crippen LogP contribution in [-0.4, -0.2) is 61.2 Å².